The van der Waals surface area contributed by atoms with E-state index in [2.05, 4.69) is 20.2 Å². The first-order valence-electron chi connectivity index (χ1n) is 10.1. The topological polar surface area (TPSA) is 102 Å². The highest BCUT2D eigenvalue weighted by molar-refractivity contribution is 7.99. The number of phenols is 1. The molecule has 9 heteroatoms. The molecule has 0 spiro atoms. The molecule has 2 aromatic carbocycles. The van der Waals surface area contributed by atoms with E-state index in [9.17, 15) is 9.90 Å². The van der Waals surface area contributed by atoms with E-state index < -0.39 is 0 Å². The highest BCUT2D eigenvalue weighted by atomic mass is 32.2. The van der Waals surface area contributed by atoms with Gasteiger partial charge in [-0.05, 0) is 42.5 Å². The average Bonchev–Trinajstić information content (AvgIpc) is 3.29. The number of pyridine rings is 1. The zero-order chi connectivity index (χ0) is 23.0. The molecule has 0 saturated carbocycles. The summed E-state index contributed by atoms with van der Waals surface area (Å²) in [5, 5.41) is 19.2. The van der Waals surface area contributed by atoms with Crippen LogP contribution in [0.25, 0.3) is 17.1 Å². The minimum Gasteiger partial charge on any atom is -0.507 e. The number of methoxy groups -OCH3 is 1. The summed E-state index contributed by atoms with van der Waals surface area (Å²) in [7, 11) is 1.54. The molecule has 4 rings (SSSR count). The van der Waals surface area contributed by atoms with E-state index >= 15 is 0 Å². The second kappa shape index (κ2) is 10.6. The van der Waals surface area contributed by atoms with Crippen LogP contribution >= 0.6 is 11.8 Å². The molecule has 1 N–H and O–H groups in total. The van der Waals surface area contributed by atoms with Gasteiger partial charge in [-0.2, -0.15) is 0 Å². The lowest BCUT2D eigenvalue weighted by molar-refractivity contribution is -0.115. The van der Waals surface area contributed by atoms with E-state index in [4.69, 9.17) is 4.74 Å². The molecule has 0 atom stereocenters. The summed E-state index contributed by atoms with van der Waals surface area (Å²) in [4.78, 5) is 20.7. The highest BCUT2D eigenvalue weighted by Crippen LogP contribution is 2.27. The molecule has 0 aliphatic heterocycles. The zero-order valence-corrected chi connectivity index (χ0v) is 18.6. The molecule has 33 heavy (non-hydrogen) atoms. The normalized spacial score (nSPS) is 11.1. The van der Waals surface area contributed by atoms with Crippen molar-refractivity contribution in [3.63, 3.8) is 0 Å². The van der Waals surface area contributed by atoms with E-state index in [-0.39, 0.29) is 23.8 Å². The fraction of sp³-hybridized carbons (Fsp3) is 0.125. The lowest BCUT2D eigenvalue weighted by Crippen LogP contribution is -2.07. The van der Waals surface area contributed by atoms with Crippen molar-refractivity contribution >= 4 is 23.8 Å². The quantitative estimate of drug-likeness (QED) is 0.300. The van der Waals surface area contributed by atoms with Crippen LogP contribution in [0.15, 0.2) is 83.2 Å². The number of nitrogens with zero attached hydrogens (tertiary/aromatic N) is 5. The molecule has 8 nitrogen and oxygen atoms in total. The Labute approximate surface area is 195 Å². The fourth-order valence-corrected chi connectivity index (χ4v) is 3.86. The Kier molecular flexibility index (Phi) is 7.11. The SMILES string of the molecule is COc1ccc(O)c(C=NCC(=O)CSc2nnc(-c3ccncc3)n2-c2ccccc2)c1. The first-order chi connectivity index (χ1) is 16.2. The molecule has 0 unspecified atom stereocenters. The molecule has 2 aromatic heterocycles. The summed E-state index contributed by atoms with van der Waals surface area (Å²) in [5.41, 5.74) is 2.26. The highest BCUT2D eigenvalue weighted by Gasteiger charge is 2.17. The largest absolute Gasteiger partial charge is 0.507 e. The number of Topliss-reactive ketones (excluding diaryl/α,β-unsaturated/α-hetero) is 1. The molecule has 0 aliphatic rings. The van der Waals surface area contributed by atoms with Gasteiger partial charge in [-0.3, -0.25) is 19.3 Å². The smallest absolute Gasteiger partial charge is 0.196 e. The molecule has 4 aromatic rings. The Morgan fingerprint density at radius 1 is 1.12 bits per heavy atom. The van der Waals surface area contributed by atoms with Gasteiger partial charge < -0.3 is 9.84 Å². The first-order valence-corrected chi connectivity index (χ1v) is 11.1. The van der Waals surface area contributed by atoms with Gasteiger partial charge in [0.15, 0.2) is 16.8 Å². The van der Waals surface area contributed by atoms with E-state index in [1.807, 2.05) is 47.0 Å². The van der Waals surface area contributed by atoms with Crippen LogP contribution in [0.4, 0.5) is 0 Å². The molecule has 2 heterocycles. The minimum absolute atomic E-state index is 0.0136. The van der Waals surface area contributed by atoms with Crippen molar-refractivity contribution in [1.82, 2.24) is 19.7 Å². The number of benzene rings is 2. The summed E-state index contributed by atoms with van der Waals surface area (Å²) in [6.45, 7) is -0.0136. The standard InChI is InChI=1S/C24H21N5O3S/c1-32-21-7-8-22(31)18(13-21)14-26-15-20(30)16-33-24-28-27-23(17-9-11-25-12-10-17)29(24)19-5-3-2-4-6-19/h2-14,31H,15-16H2,1H3. The van der Waals surface area contributed by atoms with Crippen molar-refractivity contribution < 1.29 is 14.6 Å². The van der Waals surface area contributed by atoms with E-state index in [1.165, 1.54) is 24.0 Å². The van der Waals surface area contributed by atoms with Crippen LogP contribution in [0.2, 0.25) is 0 Å². The van der Waals surface area contributed by atoms with Crippen LogP contribution in [-0.4, -0.2) is 56.3 Å². The Morgan fingerprint density at radius 2 is 1.91 bits per heavy atom. The Morgan fingerprint density at radius 3 is 2.67 bits per heavy atom. The minimum atomic E-state index is -0.0771. The lowest BCUT2D eigenvalue weighted by atomic mass is 10.2. The molecule has 0 aliphatic carbocycles. The number of aromatic hydroxyl groups is 1. The lowest BCUT2D eigenvalue weighted by Gasteiger charge is -2.09. The number of thioether (sulfide) groups is 1. The number of hydrogen-bond acceptors (Lipinski definition) is 8. The molecular formula is C24H21N5O3S. The summed E-state index contributed by atoms with van der Waals surface area (Å²) in [5.74, 6) is 1.45. The van der Waals surface area contributed by atoms with Crippen molar-refractivity contribution in [3.05, 3.63) is 78.6 Å². The number of ether oxygens (including phenoxy) is 1. The number of para-hydroxylation sites is 1. The van der Waals surface area contributed by atoms with Crippen molar-refractivity contribution in [3.8, 4) is 28.6 Å². The third-order valence-corrected chi connectivity index (χ3v) is 5.67. The monoisotopic (exact) mass is 459 g/mol. The van der Waals surface area contributed by atoms with Gasteiger partial charge in [0, 0.05) is 35.4 Å². The van der Waals surface area contributed by atoms with Gasteiger partial charge in [0.2, 0.25) is 0 Å². The number of ketones is 1. The van der Waals surface area contributed by atoms with Gasteiger partial charge in [0.05, 0.1) is 19.4 Å². The summed E-state index contributed by atoms with van der Waals surface area (Å²) < 4.78 is 7.07. The van der Waals surface area contributed by atoms with Gasteiger partial charge in [-0.15, -0.1) is 10.2 Å². The van der Waals surface area contributed by atoms with Crippen LogP contribution in [0, 0.1) is 0 Å². The second-order valence-corrected chi connectivity index (χ2v) is 7.88. The Hall–Kier alpha value is -3.98. The van der Waals surface area contributed by atoms with Gasteiger partial charge in [-0.25, -0.2) is 0 Å². The molecular weight excluding hydrogens is 438 g/mol. The van der Waals surface area contributed by atoms with Crippen molar-refractivity contribution in [2.24, 2.45) is 4.99 Å². The molecule has 0 saturated heterocycles. The molecule has 166 valence electrons. The number of hydrogen-bond donors (Lipinski definition) is 1. The van der Waals surface area contributed by atoms with E-state index in [0.29, 0.717) is 22.3 Å². The van der Waals surface area contributed by atoms with Crippen LogP contribution in [0.5, 0.6) is 11.5 Å². The summed E-state index contributed by atoms with van der Waals surface area (Å²) in [6.07, 6.45) is 4.87. The summed E-state index contributed by atoms with van der Waals surface area (Å²) >= 11 is 1.30. The van der Waals surface area contributed by atoms with Gasteiger partial charge in [0.25, 0.3) is 0 Å². The average molecular weight is 460 g/mol. The maximum Gasteiger partial charge on any atom is 0.196 e. The molecule has 0 amide bonds. The van der Waals surface area contributed by atoms with Crippen LogP contribution in [0.1, 0.15) is 5.56 Å². The van der Waals surface area contributed by atoms with Gasteiger partial charge in [0.1, 0.15) is 11.5 Å². The van der Waals surface area contributed by atoms with Crippen molar-refractivity contribution in [2.45, 2.75) is 5.16 Å². The number of carbonyl (C=O) groups is 1. The third kappa shape index (κ3) is 5.45. The fourth-order valence-electron chi connectivity index (χ4n) is 3.06. The number of phenolic OH excluding ortho intramolecular Hbond substituents is 1. The first kappa shape index (κ1) is 22.2. The molecule has 0 radical (unpaired) electrons. The molecule has 0 bridgehead atoms. The maximum atomic E-state index is 12.5. The Bertz CT molecular complexity index is 1260. The number of carbonyl (C=O) groups excluding carboxylic acids is 1. The van der Waals surface area contributed by atoms with E-state index in [1.54, 1.807) is 31.6 Å². The zero-order valence-electron chi connectivity index (χ0n) is 17.8. The molecule has 0 fully saturated rings. The van der Waals surface area contributed by atoms with Crippen LogP contribution in [0.3, 0.4) is 0 Å². The van der Waals surface area contributed by atoms with Gasteiger partial charge in [-0.1, -0.05) is 30.0 Å². The van der Waals surface area contributed by atoms with Crippen molar-refractivity contribution in [2.75, 3.05) is 19.4 Å². The second-order valence-electron chi connectivity index (χ2n) is 6.93. The number of aromatic nitrogens is 4. The van der Waals surface area contributed by atoms with Crippen molar-refractivity contribution in [1.29, 1.82) is 0 Å². The van der Waals surface area contributed by atoms with Crippen LogP contribution in [-0.2, 0) is 4.79 Å². The third-order valence-electron chi connectivity index (χ3n) is 4.68. The van der Waals surface area contributed by atoms with Crippen LogP contribution < -0.4 is 4.74 Å². The van der Waals surface area contributed by atoms with Gasteiger partial charge >= 0.3 is 0 Å². The maximum absolute atomic E-state index is 12.5. The number of rotatable bonds is 9. The van der Waals surface area contributed by atoms with E-state index in [0.717, 1.165) is 11.3 Å². The predicted molar refractivity (Wildman–Crippen MR) is 127 cm³/mol. The Balaban J connectivity index is 1.47. The number of aliphatic imine (C=N–C) groups is 1. The predicted octanol–water partition coefficient (Wildman–Crippen LogP) is 3.82. The summed E-state index contributed by atoms with van der Waals surface area (Å²) in [6, 6.07) is 18.3.